The lowest BCUT2D eigenvalue weighted by atomic mass is 10.00. The maximum absolute atomic E-state index is 5.91. The quantitative estimate of drug-likeness (QED) is 0.929. The summed E-state index contributed by atoms with van der Waals surface area (Å²) in [7, 11) is 0. The fraction of sp³-hybridized carbons (Fsp3) is 0.667. The fourth-order valence-electron chi connectivity index (χ4n) is 2.62. The van der Waals surface area contributed by atoms with Gasteiger partial charge in [-0.05, 0) is 55.2 Å². The first-order valence-electron chi connectivity index (χ1n) is 5.76. The first-order valence-corrected chi connectivity index (χ1v) is 6.55. The number of hydrogen-bond donors (Lipinski definition) is 1. The van der Waals surface area contributed by atoms with Gasteiger partial charge in [0.15, 0.2) is 0 Å². The minimum Gasteiger partial charge on any atom is -0.466 e. The predicted octanol–water partition coefficient (Wildman–Crippen LogP) is 2.92. The summed E-state index contributed by atoms with van der Waals surface area (Å²) in [4.78, 5) is 2.45. The molecule has 3 nitrogen and oxygen atoms in total. The van der Waals surface area contributed by atoms with E-state index < -0.39 is 0 Å². The first-order chi connectivity index (χ1) is 7.56. The minimum atomic E-state index is 0.182. The second-order valence-corrected chi connectivity index (χ2v) is 5.85. The molecule has 90 valence electrons. The van der Waals surface area contributed by atoms with Crippen LogP contribution >= 0.6 is 15.9 Å². The van der Waals surface area contributed by atoms with Gasteiger partial charge in [0.05, 0.1) is 16.8 Å². The average molecular weight is 287 g/mol. The molecule has 0 radical (unpaired) electrons. The monoisotopic (exact) mass is 286 g/mol. The second-order valence-electron chi connectivity index (χ2n) is 4.99. The molecule has 0 aromatic carbocycles. The molecule has 1 atom stereocenters. The Morgan fingerprint density at radius 1 is 1.62 bits per heavy atom. The average Bonchev–Trinajstić information content (AvgIpc) is 2.77. The third-order valence-electron chi connectivity index (χ3n) is 3.51. The normalized spacial score (nSPS) is 22.5. The van der Waals surface area contributed by atoms with Crippen molar-refractivity contribution in [1.29, 1.82) is 0 Å². The van der Waals surface area contributed by atoms with Gasteiger partial charge in [-0.2, -0.15) is 0 Å². The number of furan rings is 1. The third kappa shape index (κ3) is 2.06. The molecule has 1 fully saturated rings. The van der Waals surface area contributed by atoms with Crippen LogP contribution in [0, 0.1) is 0 Å². The van der Waals surface area contributed by atoms with Crippen molar-refractivity contribution in [2.75, 3.05) is 13.1 Å². The van der Waals surface area contributed by atoms with Crippen LogP contribution in [-0.4, -0.2) is 23.5 Å². The molecule has 2 heterocycles. The summed E-state index contributed by atoms with van der Waals surface area (Å²) in [6, 6.07) is 2.11. The van der Waals surface area contributed by atoms with E-state index in [1.807, 2.05) is 6.07 Å². The molecule has 2 N–H and O–H groups in total. The summed E-state index contributed by atoms with van der Waals surface area (Å²) in [5.41, 5.74) is 6.13. The van der Waals surface area contributed by atoms with Crippen LogP contribution < -0.4 is 5.73 Å². The second kappa shape index (κ2) is 4.51. The highest BCUT2D eigenvalue weighted by molar-refractivity contribution is 9.10. The molecule has 1 aliphatic rings. The summed E-state index contributed by atoms with van der Waals surface area (Å²) in [6.07, 6.45) is 4.18. The molecule has 1 saturated heterocycles. The van der Waals surface area contributed by atoms with Gasteiger partial charge in [0, 0.05) is 12.1 Å². The lowest BCUT2D eigenvalue weighted by Crippen LogP contribution is -2.43. The summed E-state index contributed by atoms with van der Waals surface area (Å²) >= 11 is 3.52. The van der Waals surface area contributed by atoms with E-state index in [0.29, 0.717) is 6.54 Å². The number of likely N-dealkylation sites (tertiary alicyclic amines) is 1. The highest BCUT2D eigenvalue weighted by Crippen LogP contribution is 2.38. The van der Waals surface area contributed by atoms with E-state index in [1.54, 1.807) is 6.26 Å². The van der Waals surface area contributed by atoms with Crippen molar-refractivity contribution >= 4 is 15.9 Å². The Kier molecular flexibility index (Phi) is 3.42. The molecule has 0 aliphatic carbocycles. The SMILES string of the molecule is CC1(C)CCCN1C(CN)c1occc1Br. The zero-order valence-electron chi connectivity index (χ0n) is 9.87. The van der Waals surface area contributed by atoms with Crippen LogP contribution in [0.15, 0.2) is 21.2 Å². The van der Waals surface area contributed by atoms with E-state index in [-0.39, 0.29) is 11.6 Å². The number of nitrogens with two attached hydrogens (primary N) is 1. The Bertz CT molecular complexity index is 362. The molecule has 2 rings (SSSR count). The Balaban J connectivity index is 2.27. The van der Waals surface area contributed by atoms with Gasteiger partial charge in [-0.25, -0.2) is 0 Å². The van der Waals surface area contributed by atoms with Crippen molar-refractivity contribution in [3.63, 3.8) is 0 Å². The largest absolute Gasteiger partial charge is 0.466 e. The summed E-state index contributed by atoms with van der Waals surface area (Å²) < 4.78 is 6.57. The Labute approximate surface area is 105 Å². The van der Waals surface area contributed by atoms with E-state index in [1.165, 1.54) is 12.8 Å². The Morgan fingerprint density at radius 2 is 2.38 bits per heavy atom. The molecule has 0 bridgehead atoms. The van der Waals surface area contributed by atoms with Crippen molar-refractivity contribution in [3.05, 3.63) is 22.6 Å². The van der Waals surface area contributed by atoms with E-state index in [4.69, 9.17) is 10.2 Å². The first kappa shape index (κ1) is 12.1. The highest BCUT2D eigenvalue weighted by atomic mass is 79.9. The molecule has 1 aliphatic heterocycles. The lowest BCUT2D eigenvalue weighted by Gasteiger charge is -2.37. The molecule has 1 aromatic heterocycles. The molecule has 0 saturated carbocycles. The van der Waals surface area contributed by atoms with Gasteiger partial charge in [0.1, 0.15) is 5.76 Å². The van der Waals surface area contributed by atoms with E-state index >= 15 is 0 Å². The Morgan fingerprint density at radius 3 is 2.81 bits per heavy atom. The van der Waals surface area contributed by atoms with Gasteiger partial charge in [0.2, 0.25) is 0 Å². The van der Waals surface area contributed by atoms with Crippen molar-refractivity contribution in [3.8, 4) is 0 Å². The number of rotatable bonds is 3. The van der Waals surface area contributed by atoms with Gasteiger partial charge in [-0.15, -0.1) is 0 Å². The van der Waals surface area contributed by atoms with Crippen LogP contribution in [0.3, 0.4) is 0 Å². The van der Waals surface area contributed by atoms with Gasteiger partial charge in [-0.3, -0.25) is 4.90 Å². The zero-order chi connectivity index (χ0) is 11.8. The van der Waals surface area contributed by atoms with E-state index in [9.17, 15) is 0 Å². The highest BCUT2D eigenvalue weighted by Gasteiger charge is 2.38. The summed E-state index contributed by atoms with van der Waals surface area (Å²) in [5, 5.41) is 0. The maximum Gasteiger partial charge on any atom is 0.136 e. The van der Waals surface area contributed by atoms with Crippen molar-refractivity contribution in [2.45, 2.75) is 38.3 Å². The lowest BCUT2D eigenvalue weighted by molar-refractivity contribution is 0.104. The van der Waals surface area contributed by atoms with E-state index in [0.717, 1.165) is 16.8 Å². The predicted molar refractivity (Wildman–Crippen MR) is 68.2 cm³/mol. The van der Waals surface area contributed by atoms with Crippen LogP contribution in [0.5, 0.6) is 0 Å². The molecule has 16 heavy (non-hydrogen) atoms. The topological polar surface area (TPSA) is 42.4 Å². The van der Waals surface area contributed by atoms with Crippen LogP contribution in [0.4, 0.5) is 0 Å². The van der Waals surface area contributed by atoms with Gasteiger partial charge in [0.25, 0.3) is 0 Å². The molecular weight excluding hydrogens is 268 g/mol. The minimum absolute atomic E-state index is 0.182. The van der Waals surface area contributed by atoms with E-state index in [2.05, 4.69) is 34.7 Å². The summed E-state index contributed by atoms with van der Waals surface area (Å²) in [5.74, 6) is 0.956. The van der Waals surface area contributed by atoms with Crippen LogP contribution in [0.25, 0.3) is 0 Å². The van der Waals surface area contributed by atoms with Gasteiger partial charge in [-0.1, -0.05) is 0 Å². The molecule has 0 amide bonds. The van der Waals surface area contributed by atoms with Crippen LogP contribution in [-0.2, 0) is 0 Å². The third-order valence-corrected chi connectivity index (χ3v) is 4.17. The molecule has 1 unspecified atom stereocenters. The standard InChI is InChI=1S/C12H19BrN2O/c1-12(2)5-3-6-15(12)10(8-14)11-9(13)4-7-16-11/h4,7,10H,3,5-6,8,14H2,1-2H3. The van der Waals surface area contributed by atoms with Crippen molar-refractivity contribution in [1.82, 2.24) is 4.90 Å². The van der Waals surface area contributed by atoms with Crippen LogP contribution in [0.2, 0.25) is 0 Å². The molecule has 4 heteroatoms. The van der Waals surface area contributed by atoms with Gasteiger partial charge >= 0.3 is 0 Å². The smallest absolute Gasteiger partial charge is 0.136 e. The number of nitrogens with zero attached hydrogens (tertiary/aromatic N) is 1. The zero-order valence-corrected chi connectivity index (χ0v) is 11.5. The molecule has 1 aromatic rings. The fourth-order valence-corrected chi connectivity index (χ4v) is 3.09. The summed E-state index contributed by atoms with van der Waals surface area (Å²) in [6.45, 7) is 6.25. The van der Waals surface area contributed by atoms with Crippen molar-refractivity contribution < 1.29 is 4.42 Å². The molecular formula is C12H19BrN2O. The molecule has 0 spiro atoms. The Hall–Kier alpha value is -0.320. The van der Waals surface area contributed by atoms with Crippen LogP contribution in [0.1, 0.15) is 38.5 Å². The maximum atomic E-state index is 5.91. The van der Waals surface area contributed by atoms with Crippen molar-refractivity contribution in [2.24, 2.45) is 5.73 Å². The number of hydrogen-bond acceptors (Lipinski definition) is 3. The number of halogens is 1. The van der Waals surface area contributed by atoms with Gasteiger partial charge < -0.3 is 10.2 Å².